The Morgan fingerprint density at radius 3 is 2.82 bits per heavy atom. The molecule has 1 rings (SSSR count). The van der Waals surface area contributed by atoms with E-state index in [4.69, 9.17) is 5.84 Å². The standard InChI is InChI=1S/C12H19FN4/c1-3-4-7-15-12(17-14)16-10-6-5-9(2)11(13)8-10/h5-6,8H,3-4,7,14H2,1-2H3,(H2,15,16,17). The number of rotatable bonds is 4. The monoisotopic (exact) mass is 238 g/mol. The smallest absolute Gasteiger partial charge is 0.210 e. The molecular formula is C12H19FN4. The molecule has 4 N–H and O–H groups in total. The zero-order chi connectivity index (χ0) is 12.7. The predicted molar refractivity (Wildman–Crippen MR) is 69.3 cm³/mol. The molecule has 0 aliphatic heterocycles. The van der Waals surface area contributed by atoms with E-state index in [1.807, 2.05) is 0 Å². The van der Waals surface area contributed by atoms with Gasteiger partial charge in [-0.15, -0.1) is 0 Å². The van der Waals surface area contributed by atoms with Gasteiger partial charge in [-0.2, -0.15) is 0 Å². The van der Waals surface area contributed by atoms with Crippen molar-refractivity contribution in [2.75, 3.05) is 11.9 Å². The third kappa shape index (κ3) is 4.40. The molecule has 0 saturated heterocycles. The summed E-state index contributed by atoms with van der Waals surface area (Å²) in [7, 11) is 0. The van der Waals surface area contributed by atoms with Gasteiger partial charge in [-0.3, -0.25) is 10.4 Å². The molecule has 0 saturated carbocycles. The molecule has 0 atom stereocenters. The van der Waals surface area contributed by atoms with E-state index in [-0.39, 0.29) is 5.82 Å². The Hall–Kier alpha value is -1.62. The van der Waals surface area contributed by atoms with Crippen LogP contribution in [0.1, 0.15) is 25.3 Å². The number of unbranched alkanes of at least 4 members (excludes halogenated alkanes) is 1. The third-order valence-corrected chi connectivity index (χ3v) is 2.35. The maximum absolute atomic E-state index is 13.3. The fourth-order valence-corrected chi connectivity index (χ4v) is 1.28. The maximum Gasteiger partial charge on any atom is 0.210 e. The van der Waals surface area contributed by atoms with E-state index in [2.05, 4.69) is 22.7 Å². The Morgan fingerprint density at radius 1 is 1.47 bits per heavy atom. The second-order valence-corrected chi connectivity index (χ2v) is 3.82. The lowest BCUT2D eigenvalue weighted by atomic mass is 10.2. The molecule has 5 heteroatoms. The molecule has 0 fully saturated rings. The number of guanidine groups is 1. The average Bonchev–Trinajstić information content (AvgIpc) is 2.32. The van der Waals surface area contributed by atoms with Gasteiger partial charge in [0.05, 0.1) is 0 Å². The van der Waals surface area contributed by atoms with E-state index in [1.54, 1.807) is 19.1 Å². The number of hydrazine groups is 1. The fraction of sp³-hybridized carbons (Fsp3) is 0.417. The van der Waals surface area contributed by atoms with E-state index in [0.717, 1.165) is 12.8 Å². The number of nitrogens with zero attached hydrogens (tertiary/aromatic N) is 1. The number of anilines is 1. The highest BCUT2D eigenvalue weighted by Gasteiger charge is 2.01. The Labute approximate surface area is 101 Å². The number of benzene rings is 1. The highest BCUT2D eigenvalue weighted by atomic mass is 19.1. The van der Waals surface area contributed by atoms with Crippen molar-refractivity contribution in [2.24, 2.45) is 10.8 Å². The van der Waals surface area contributed by atoms with Crippen molar-refractivity contribution in [3.05, 3.63) is 29.6 Å². The van der Waals surface area contributed by atoms with Gasteiger partial charge in [-0.1, -0.05) is 19.4 Å². The first kappa shape index (κ1) is 13.4. The second-order valence-electron chi connectivity index (χ2n) is 3.82. The highest BCUT2D eigenvalue weighted by molar-refractivity contribution is 5.93. The topological polar surface area (TPSA) is 62.4 Å². The lowest BCUT2D eigenvalue weighted by Crippen LogP contribution is -2.36. The number of hydrogen-bond donors (Lipinski definition) is 3. The predicted octanol–water partition coefficient (Wildman–Crippen LogP) is 2.17. The maximum atomic E-state index is 13.3. The van der Waals surface area contributed by atoms with E-state index in [1.165, 1.54) is 6.07 Å². The number of aryl methyl sites for hydroxylation is 1. The fourth-order valence-electron chi connectivity index (χ4n) is 1.28. The Morgan fingerprint density at radius 2 is 2.24 bits per heavy atom. The zero-order valence-corrected chi connectivity index (χ0v) is 10.3. The minimum Gasteiger partial charge on any atom is -0.325 e. The minimum absolute atomic E-state index is 0.250. The molecule has 0 spiro atoms. The van der Waals surface area contributed by atoms with Gasteiger partial charge in [0.2, 0.25) is 5.96 Å². The van der Waals surface area contributed by atoms with Crippen LogP contribution in [-0.4, -0.2) is 12.5 Å². The highest BCUT2D eigenvalue weighted by Crippen LogP contribution is 2.13. The first-order valence-electron chi connectivity index (χ1n) is 5.71. The normalized spacial score (nSPS) is 11.4. The SMILES string of the molecule is CCCCN=C(NN)Nc1ccc(C)c(F)c1. The van der Waals surface area contributed by atoms with Crippen molar-refractivity contribution >= 4 is 11.6 Å². The van der Waals surface area contributed by atoms with Crippen molar-refractivity contribution in [1.82, 2.24) is 5.43 Å². The van der Waals surface area contributed by atoms with Crippen LogP contribution in [0.25, 0.3) is 0 Å². The van der Waals surface area contributed by atoms with E-state index < -0.39 is 0 Å². The van der Waals surface area contributed by atoms with Crippen molar-refractivity contribution < 1.29 is 4.39 Å². The van der Waals surface area contributed by atoms with Gasteiger partial charge in [0.1, 0.15) is 5.82 Å². The summed E-state index contributed by atoms with van der Waals surface area (Å²) in [5.74, 6) is 5.53. The molecule has 0 heterocycles. The molecule has 0 bridgehead atoms. The molecule has 1 aromatic rings. The van der Waals surface area contributed by atoms with Crippen LogP contribution in [0, 0.1) is 12.7 Å². The molecule has 0 amide bonds. The Kier molecular flexibility index (Phi) is 5.42. The number of hydrogen-bond acceptors (Lipinski definition) is 2. The molecule has 0 aliphatic carbocycles. The second kappa shape index (κ2) is 6.85. The third-order valence-electron chi connectivity index (χ3n) is 2.35. The van der Waals surface area contributed by atoms with Crippen LogP contribution in [0.2, 0.25) is 0 Å². The molecule has 0 unspecified atom stereocenters. The lowest BCUT2D eigenvalue weighted by Gasteiger charge is -2.09. The average molecular weight is 238 g/mol. The first-order valence-corrected chi connectivity index (χ1v) is 5.71. The number of halogens is 1. The van der Waals surface area contributed by atoms with Crippen LogP contribution < -0.4 is 16.6 Å². The van der Waals surface area contributed by atoms with Crippen molar-refractivity contribution in [3.8, 4) is 0 Å². The van der Waals surface area contributed by atoms with Crippen molar-refractivity contribution in [1.29, 1.82) is 0 Å². The van der Waals surface area contributed by atoms with Crippen LogP contribution in [0.4, 0.5) is 10.1 Å². The number of aliphatic imine (C=N–C) groups is 1. The Bertz CT molecular complexity index is 390. The van der Waals surface area contributed by atoms with Gasteiger partial charge < -0.3 is 5.32 Å². The largest absolute Gasteiger partial charge is 0.325 e. The molecule has 0 aliphatic rings. The summed E-state index contributed by atoms with van der Waals surface area (Å²) >= 11 is 0. The van der Waals surface area contributed by atoms with Crippen LogP contribution in [0.5, 0.6) is 0 Å². The summed E-state index contributed by atoms with van der Waals surface area (Å²) in [6, 6.07) is 4.91. The van der Waals surface area contributed by atoms with Gasteiger partial charge in [0.25, 0.3) is 0 Å². The summed E-state index contributed by atoms with van der Waals surface area (Å²) in [4.78, 5) is 4.23. The van der Waals surface area contributed by atoms with E-state index in [9.17, 15) is 4.39 Å². The molecule has 17 heavy (non-hydrogen) atoms. The lowest BCUT2D eigenvalue weighted by molar-refractivity contribution is 0.619. The summed E-state index contributed by atoms with van der Waals surface area (Å²) < 4.78 is 13.3. The van der Waals surface area contributed by atoms with Crippen LogP contribution >= 0.6 is 0 Å². The van der Waals surface area contributed by atoms with Crippen LogP contribution in [0.15, 0.2) is 23.2 Å². The summed E-state index contributed by atoms with van der Waals surface area (Å²) in [5.41, 5.74) is 3.70. The summed E-state index contributed by atoms with van der Waals surface area (Å²) in [6.45, 7) is 4.50. The van der Waals surface area contributed by atoms with Gasteiger partial charge in [0, 0.05) is 12.2 Å². The van der Waals surface area contributed by atoms with Gasteiger partial charge in [0.15, 0.2) is 0 Å². The summed E-state index contributed by atoms with van der Waals surface area (Å²) in [5, 5.41) is 2.93. The zero-order valence-electron chi connectivity index (χ0n) is 10.3. The molecule has 0 aromatic heterocycles. The van der Waals surface area contributed by atoms with Gasteiger partial charge in [-0.25, -0.2) is 10.2 Å². The number of nitrogens with one attached hydrogen (secondary N) is 2. The van der Waals surface area contributed by atoms with E-state index in [0.29, 0.717) is 23.8 Å². The molecule has 94 valence electrons. The van der Waals surface area contributed by atoms with Crippen LogP contribution in [-0.2, 0) is 0 Å². The molecule has 0 radical (unpaired) electrons. The molecule has 1 aromatic carbocycles. The molecule has 4 nitrogen and oxygen atoms in total. The first-order chi connectivity index (χ1) is 8.17. The Balaban J connectivity index is 2.67. The van der Waals surface area contributed by atoms with Crippen LogP contribution in [0.3, 0.4) is 0 Å². The van der Waals surface area contributed by atoms with Crippen molar-refractivity contribution in [2.45, 2.75) is 26.7 Å². The summed E-state index contributed by atoms with van der Waals surface area (Å²) in [6.07, 6.45) is 2.07. The van der Waals surface area contributed by atoms with Crippen molar-refractivity contribution in [3.63, 3.8) is 0 Å². The molecular weight excluding hydrogens is 219 g/mol. The van der Waals surface area contributed by atoms with Gasteiger partial charge in [-0.05, 0) is 31.0 Å². The van der Waals surface area contributed by atoms with E-state index >= 15 is 0 Å². The number of nitrogens with two attached hydrogens (primary N) is 1. The minimum atomic E-state index is -0.250. The van der Waals surface area contributed by atoms with Gasteiger partial charge >= 0.3 is 0 Å². The quantitative estimate of drug-likeness (QED) is 0.248.